The molecule has 6 heteroatoms. The molecule has 1 aromatic heterocycles. The van der Waals surface area contributed by atoms with Crippen molar-refractivity contribution >= 4 is 23.4 Å². The van der Waals surface area contributed by atoms with Gasteiger partial charge < -0.3 is 14.7 Å². The van der Waals surface area contributed by atoms with Crippen LogP contribution in [-0.4, -0.2) is 41.4 Å². The Morgan fingerprint density at radius 2 is 2.37 bits per heavy atom. The van der Waals surface area contributed by atoms with Crippen LogP contribution in [0.2, 0.25) is 5.02 Å². The van der Waals surface area contributed by atoms with E-state index < -0.39 is 5.97 Å². The summed E-state index contributed by atoms with van der Waals surface area (Å²) in [6, 6.07) is 3.56. The molecule has 1 aliphatic rings. The molecule has 1 N–H and O–H groups in total. The first kappa shape index (κ1) is 14.1. The Hall–Kier alpha value is -1.33. The molecule has 5 nitrogen and oxygen atoms in total. The minimum Gasteiger partial charge on any atom is -0.476 e. The van der Waals surface area contributed by atoms with Gasteiger partial charge in [-0.1, -0.05) is 18.5 Å². The van der Waals surface area contributed by atoms with Gasteiger partial charge in [0, 0.05) is 6.54 Å². The van der Waals surface area contributed by atoms with Crippen LogP contribution in [0.25, 0.3) is 0 Å². The zero-order valence-electron chi connectivity index (χ0n) is 11.0. The Kier molecular flexibility index (Phi) is 4.27. The molecule has 0 radical (unpaired) electrons. The Bertz CT molecular complexity index is 481. The summed E-state index contributed by atoms with van der Waals surface area (Å²) in [4.78, 5) is 17.3. The number of pyridine rings is 1. The maximum absolute atomic E-state index is 11.1. The molecular weight excluding hydrogens is 268 g/mol. The van der Waals surface area contributed by atoms with E-state index in [1.807, 2.05) is 6.92 Å². The van der Waals surface area contributed by atoms with E-state index in [0.29, 0.717) is 19.0 Å². The van der Waals surface area contributed by atoms with Crippen LogP contribution >= 0.6 is 11.6 Å². The molecule has 104 valence electrons. The van der Waals surface area contributed by atoms with Crippen molar-refractivity contribution in [2.75, 3.05) is 18.1 Å². The number of carboxylic acid groups (broad SMARTS) is 1. The minimum atomic E-state index is -1.11. The fourth-order valence-corrected chi connectivity index (χ4v) is 2.39. The van der Waals surface area contributed by atoms with E-state index in [4.69, 9.17) is 21.4 Å². The first-order valence-electron chi connectivity index (χ1n) is 6.31. The van der Waals surface area contributed by atoms with Gasteiger partial charge in [0.1, 0.15) is 5.82 Å². The summed E-state index contributed by atoms with van der Waals surface area (Å²) in [6.45, 7) is 5.40. The summed E-state index contributed by atoms with van der Waals surface area (Å²) in [5, 5.41) is 9.23. The molecule has 1 saturated heterocycles. The number of rotatable bonds is 3. The number of morpholine rings is 1. The number of hydrogen-bond acceptors (Lipinski definition) is 4. The molecule has 2 rings (SSSR count). The first-order valence-corrected chi connectivity index (χ1v) is 6.68. The molecule has 0 saturated carbocycles. The van der Waals surface area contributed by atoms with Crippen LogP contribution < -0.4 is 4.90 Å². The largest absolute Gasteiger partial charge is 0.476 e. The van der Waals surface area contributed by atoms with Gasteiger partial charge in [0.15, 0.2) is 5.69 Å². The number of hydrogen-bond donors (Lipinski definition) is 1. The van der Waals surface area contributed by atoms with Gasteiger partial charge in [0.25, 0.3) is 0 Å². The second-order valence-corrected chi connectivity index (χ2v) is 5.07. The van der Waals surface area contributed by atoms with Crippen molar-refractivity contribution in [1.82, 2.24) is 4.98 Å². The van der Waals surface area contributed by atoms with Crippen LogP contribution in [0.1, 0.15) is 30.8 Å². The zero-order valence-corrected chi connectivity index (χ0v) is 11.7. The lowest BCUT2D eigenvalue weighted by atomic mass is 10.1. The number of carboxylic acids is 1. The van der Waals surface area contributed by atoms with Gasteiger partial charge in [0.2, 0.25) is 0 Å². The highest BCUT2D eigenvalue weighted by atomic mass is 35.5. The highest BCUT2D eigenvalue weighted by molar-refractivity contribution is 6.33. The van der Waals surface area contributed by atoms with E-state index in [1.54, 1.807) is 12.1 Å². The van der Waals surface area contributed by atoms with Gasteiger partial charge >= 0.3 is 5.97 Å². The van der Waals surface area contributed by atoms with E-state index >= 15 is 0 Å². The van der Waals surface area contributed by atoms with E-state index in [0.717, 1.165) is 6.42 Å². The second kappa shape index (κ2) is 5.75. The van der Waals surface area contributed by atoms with Crippen LogP contribution in [0.3, 0.4) is 0 Å². The van der Waals surface area contributed by atoms with Gasteiger partial charge in [-0.3, -0.25) is 0 Å². The molecule has 2 unspecified atom stereocenters. The van der Waals surface area contributed by atoms with Crippen molar-refractivity contribution in [2.45, 2.75) is 32.4 Å². The normalized spacial score (nSPS) is 23.4. The topological polar surface area (TPSA) is 62.7 Å². The standard InChI is InChI=1S/C13H17ClN2O3/c1-3-9-7-19-8(2)6-16(9)11-5-4-10(14)12(15-11)13(17)18/h4-5,8-9H,3,6-7H2,1-2H3,(H,17,18). The lowest BCUT2D eigenvalue weighted by molar-refractivity contribution is 0.0296. The van der Waals surface area contributed by atoms with Crippen LogP contribution in [0, 0.1) is 0 Å². The lowest BCUT2D eigenvalue weighted by Crippen LogP contribution is -2.49. The van der Waals surface area contributed by atoms with E-state index in [1.165, 1.54) is 0 Å². The van der Waals surface area contributed by atoms with E-state index in [9.17, 15) is 4.79 Å². The summed E-state index contributed by atoms with van der Waals surface area (Å²) in [7, 11) is 0. The predicted molar refractivity (Wildman–Crippen MR) is 73.0 cm³/mol. The van der Waals surface area contributed by atoms with Crippen LogP contribution in [0.4, 0.5) is 5.82 Å². The minimum absolute atomic E-state index is 0.104. The molecule has 1 aromatic rings. The molecule has 19 heavy (non-hydrogen) atoms. The summed E-state index contributed by atoms with van der Waals surface area (Å²) in [5.41, 5.74) is -0.104. The van der Waals surface area contributed by atoms with Crippen molar-refractivity contribution < 1.29 is 14.6 Å². The average Bonchev–Trinajstić information content (AvgIpc) is 2.39. The quantitative estimate of drug-likeness (QED) is 0.924. The molecule has 0 spiro atoms. The van der Waals surface area contributed by atoms with Crippen molar-refractivity contribution in [3.8, 4) is 0 Å². The Balaban J connectivity index is 2.33. The molecule has 0 amide bonds. The fourth-order valence-electron chi connectivity index (χ4n) is 2.20. The Morgan fingerprint density at radius 3 is 3.00 bits per heavy atom. The molecular formula is C13H17ClN2O3. The summed E-state index contributed by atoms with van der Waals surface area (Å²) < 4.78 is 5.62. The predicted octanol–water partition coefficient (Wildman–Crippen LogP) is 2.44. The molecule has 0 aromatic carbocycles. The SMILES string of the molecule is CCC1COC(C)CN1c1ccc(Cl)c(C(=O)O)n1. The van der Waals surface area contributed by atoms with E-state index in [-0.39, 0.29) is 22.9 Å². The summed E-state index contributed by atoms with van der Waals surface area (Å²) in [6.07, 6.45) is 1.02. The summed E-state index contributed by atoms with van der Waals surface area (Å²) >= 11 is 5.84. The number of aromatic carboxylic acids is 1. The van der Waals surface area contributed by atoms with Gasteiger partial charge in [0.05, 0.1) is 23.8 Å². The maximum atomic E-state index is 11.1. The monoisotopic (exact) mass is 284 g/mol. The van der Waals surface area contributed by atoms with Crippen molar-refractivity contribution in [2.24, 2.45) is 0 Å². The van der Waals surface area contributed by atoms with Gasteiger partial charge in [-0.05, 0) is 25.5 Å². The maximum Gasteiger partial charge on any atom is 0.356 e. The van der Waals surface area contributed by atoms with Crippen LogP contribution in [-0.2, 0) is 4.74 Å². The third-order valence-electron chi connectivity index (χ3n) is 3.27. The smallest absolute Gasteiger partial charge is 0.356 e. The molecule has 2 heterocycles. The van der Waals surface area contributed by atoms with Gasteiger partial charge in [-0.15, -0.1) is 0 Å². The van der Waals surface area contributed by atoms with E-state index in [2.05, 4.69) is 16.8 Å². The number of ether oxygens (including phenoxy) is 1. The second-order valence-electron chi connectivity index (χ2n) is 4.66. The Labute approximate surface area is 117 Å². The van der Waals surface area contributed by atoms with Crippen molar-refractivity contribution in [3.63, 3.8) is 0 Å². The molecule has 2 atom stereocenters. The highest BCUT2D eigenvalue weighted by Gasteiger charge is 2.27. The molecule has 1 aliphatic heterocycles. The fraction of sp³-hybridized carbons (Fsp3) is 0.538. The Morgan fingerprint density at radius 1 is 1.63 bits per heavy atom. The zero-order chi connectivity index (χ0) is 14.0. The third kappa shape index (κ3) is 2.98. The lowest BCUT2D eigenvalue weighted by Gasteiger charge is -2.39. The van der Waals surface area contributed by atoms with Crippen molar-refractivity contribution in [1.29, 1.82) is 0 Å². The molecule has 0 bridgehead atoms. The first-order chi connectivity index (χ1) is 9.02. The number of carbonyl (C=O) groups is 1. The third-order valence-corrected chi connectivity index (χ3v) is 3.57. The molecule has 0 aliphatic carbocycles. The average molecular weight is 285 g/mol. The number of halogens is 1. The summed E-state index contributed by atoms with van der Waals surface area (Å²) in [5.74, 6) is -0.468. The number of nitrogens with zero attached hydrogens (tertiary/aromatic N) is 2. The van der Waals surface area contributed by atoms with Gasteiger partial charge in [-0.2, -0.15) is 0 Å². The number of anilines is 1. The van der Waals surface area contributed by atoms with Crippen molar-refractivity contribution in [3.05, 3.63) is 22.8 Å². The van der Waals surface area contributed by atoms with Crippen LogP contribution in [0.15, 0.2) is 12.1 Å². The van der Waals surface area contributed by atoms with Crippen LogP contribution in [0.5, 0.6) is 0 Å². The number of aromatic nitrogens is 1. The molecule has 1 fully saturated rings. The van der Waals surface area contributed by atoms with Gasteiger partial charge in [-0.25, -0.2) is 9.78 Å². The highest BCUT2D eigenvalue weighted by Crippen LogP contribution is 2.24.